The van der Waals surface area contributed by atoms with Crippen LogP contribution in [0.5, 0.6) is 0 Å². The number of anilines is 1. The second-order valence-corrected chi connectivity index (χ2v) is 1.72. The number of hydrogen-bond donors (Lipinski definition) is 1. The number of hydrogen-bond acceptors (Lipinski definition) is 2. The van der Waals surface area contributed by atoms with E-state index in [2.05, 4.69) is 0 Å². The molecule has 0 saturated carbocycles. The Morgan fingerprint density at radius 1 is 1.20 bits per heavy atom. The Morgan fingerprint density at radius 2 is 1.70 bits per heavy atom. The van der Waals surface area contributed by atoms with E-state index in [-0.39, 0.29) is 25.8 Å². The van der Waals surface area contributed by atoms with Crippen LogP contribution < -0.4 is 5.73 Å². The molecule has 0 aliphatic heterocycles. The molecule has 10 heavy (non-hydrogen) atoms. The molecule has 3 heteroatoms. The maximum atomic E-state index is 9.95. The van der Waals surface area contributed by atoms with Crippen LogP contribution in [0.15, 0.2) is 24.3 Å². The van der Waals surface area contributed by atoms with Crippen LogP contribution in [-0.2, 0) is 30.6 Å². The predicted molar refractivity (Wildman–Crippen MR) is 35.6 cm³/mol. The van der Waals surface area contributed by atoms with Gasteiger partial charge in [0.2, 0.25) is 0 Å². The van der Waals surface area contributed by atoms with E-state index in [9.17, 15) is 4.79 Å². The average molecular weight is 165 g/mol. The van der Waals surface area contributed by atoms with E-state index in [1.807, 2.05) is 0 Å². The van der Waals surface area contributed by atoms with Gasteiger partial charge >= 0.3 is 0 Å². The summed E-state index contributed by atoms with van der Waals surface area (Å²) in [5.41, 5.74) is 6.54. The van der Waals surface area contributed by atoms with Gasteiger partial charge in [-0.3, -0.25) is 0 Å². The van der Waals surface area contributed by atoms with Crippen molar-refractivity contribution in [1.29, 1.82) is 0 Å². The van der Waals surface area contributed by atoms with Crippen LogP contribution in [0.4, 0.5) is 5.69 Å². The molecular formula is C7H6NOSc-. The van der Waals surface area contributed by atoms with E-state index >= 15 is 0 Å². The van der Waals surface area contributed by atoms with Gasteiger partial charge in [-0.25, -0.2) is 0 Å². The van der Waals surface area contributed by atoms with Gasteiger partial charge < -0.3 is 10.5 Å². The largest absolute Gasteiger partial charge is 0.400 e. The zero-order chi connectivity index (χ0) is 6.69. The van der Waals surface area contributed by atoms with Gasteiger partial charge in [0.1, 0.15) is 0 Å². The van der Waals surface area contributed by atoms with Gasteiger partial charge in [0.05, 0.1) is 6.29 Å². The summed E-state index contributed by atoms with van der Waals surface area (Å²) in [6.07, 6.45) is 1.75. The molecule has 0 aromatic heterocycles. The molecule has 1 aromatic rings. The molecule has 0 heterocycles. The van der Waals surface area contributed by atoms with Crippen molar-refractivity contribution in [3.8, 4) is 0 Å². The monoisotopic (exact) mass is 165 g/mol. The second kappa shape index (κ2) is 4.39. The molecule has 0 fully saturated rings. The topological polar surface area (TPSA) is 43.1 Å². The Morgan fingerprint density at radius 3 is 2.10 bits per heavy atom. The summed E-state index contributed by atoms with van der Waals surface area (Å²) in [5, 5.41) is 0. The predicted octanol–water partition coefficient (Wildman–Crippen LogP) is 0.724. The van der Waals surface area contributed by atoms with E-state index < -0.39 is 0 Å². The van der Waals surface area contributed by atoms with Crippen molar-refractivity contribution in [3.63, 3.8) is 0 Å². The van der Waals surface area contributed by atoms with Crippen molar-refractivity contribution in [1.82, 2.24) is 0 Å². The van der Waals surface area contributed by atoms with Crippen LogP contribution in [0, 0.1) is 0 Å². The van der Waals surface area contributed by atoms with Crippen LogP contribution in [0.25, 0.3) is 0 Å². The number of nitrogens with two attached hydrogens (primary N) is 1. The summed E-state index contributed by atoms with van der Waals surface area (Å²) in [4.78, 5) is 9.95. The normalized spacial score (nSPS) is 8.00. The first-order chi connectivity index (χ1) is 4.33. The Bertz CT molecular complexity index is 207. The third-order valence-electron chi connectivity index (χ3n) is 1.03. The quantitative estimate of drug-likeness (QED) is 0.492. The number of carbonyl (C=O) groups excluding carboxylic acids is 1. The van der Waals surface area contributed by atoms with Crippen LogP contribution >= 0.6 is 0 Å². The van der Waals surface area contributed by atoms with E-state index in [1.54, 1.807) is 30.6 Å². The minimum Gasteiger partial charge on any atom is -0.400 e. The summed E-state index contributed by atoms with van der Waals surface area (Å²) in [6, 6.07) is 6.59. The summed E-state index contributed by atoms with van der Waals surface area (Å²) in [7, 11) is 0. The fourth-order valence-electron chi connectivity index (χ4n) is 0.551. The van der Waals surface area contributed by atoms with Crippen LogP contribution in [0.3, 0.4) is 0 Å². The van der Waals surface area contributed by atoms with Gasteiger partial charge in [-0.2, -0.15) is 17.7 Å². The van der Waals surface area contributed by atoms with Crippen LogP contribution in [-0.4, -0.2) is 6.29 Å². The molecule has 2 nitrogen and oxygen atoms in total. The molecule has 49 valence electrons. The van der Waals surface area contributed by atoms with Crippen molar-refractivity contribution in [2.75, 3.05) is 5.73 Å². The minimum atomic E-state index is 0. The first-order valence-electron chi connectivity index (χ1n) is 2.56. The first kappa shape index (κ1) is 9.56. The molecule has 0 amide bonds. The molecule has 1 radical (unpaired) electrons. The van der Waals surface area contributed by atoms with Crippen molar-refractivity contribution >= 4 is 12.0 Å². The molecule has 2 N–H and O–H groups in total. The third kappa shape index (κ3) is 2.43. The van der Waals surface area contributed by atoms with Gasteiger partial charge in [-0.05, 0) is 0 Å². The maximum absolute atomic E-state index is 9.95. The molecule has 0 aliphatic carbocycles. The van der Waals surface area contributed by atoms with E-state index in [1.165, 1.54) is 0 Å². The fourth-order valence-corrected chi connectivity index (χ4v) is 0.551. The Kier molecular flexibility index (Phi) is 4.19. The van der Waals surface area contributed by atoms with E-state index in [0.717, 1.165) is 0 Å². The molecule has 1 rings (SSSR count). The number of benzene rings is 1. The maximum Gasteiger partial charge on any atom is 0.0627 e. The summed E-state index contributed by atoms with van der Waals surface area (Å²) < 4.78 is 0. The van der Waals surface area contributed by atoms with Gasteiger partial charge in [0.25, 0.3) is 0 Å². The molecule has 1 aromatic carbocycles. The number of rotatable bonds is 1. The molecule has 0 atom stereocenters. The Labute approximate surface area is 78.2 Å². The summed E-state index contributed by atoms with van der Waals surface area (Å²) in [5.74, 6) is 0. The Hall–Kier alpha value is -0.440. The van der Waals surface area contributed by atoms with Crippen LogP contribution in [0.2, 0.25) is 0 Å². The Balaban J connectivity index is 0.000000810. The molecule has 0 aliphatic rings. The van der Waals surface area contributed by atoms with Gasteiger partial charge in [-0.15, -0.1) is 0 Å². The summed E-state index contributed by atoms with van der Waals surface area (Å²) in [6.45, 7) is 0. The van der Waals surface area contributed by atoms with Crippen molar-refractivity contribution in [2.45, 2.75) is 0 Å². The zero-order valence-corrected chi connectivity index (χ0v) is 7.18. The van der Waals surface area contributed by atoms with Gasteiger partial charge in [0.15, 0.2) is 0 Å². The minimum absolute atomic E-state index is 0. The average Bonchev–Trinajstić information content (AvgIpc) is 1.90. The van der Waals surface area contributed by atoms with Crippen molar-refractivity contribution < 1.29 is 30.6 Å². The van der Waals surface area contributed by atoms with E-state index in [0.29, 0.717) is 11.3 Å². The SMILES string of the molecule is Nc1ccc([C-]=O)cc1.[Sc]. The molecule has 0 saturated heterocycles. The molecule has 0 spiro atoms. The van der Waals surface area contributed by atoms with E-state index in [4.69, 9.17) is 5.73 Å². The van der Waals surface area contributed by atoms with Crippen LogP contribution in [0.1, 0.15) is 5.56 Å². The zero-order valence-electron chi connectivity index (χ0n) is 5.37. The van der Waals surface area contributed by atoms with Gasteiger partial charge in [-0.1, -0.05) is 12.1 Å². The first-order valence-corrected chi connectivity index (χ1v) is 2.56. The number of nitrogen functional groups attached to an aromatic ring is 1. The van der Waals surface area contributed by atoms with Crippen molar-refractivity contribution in [3.05, 3.63) is 29.8 Å². The second-order valence-electron chi connectivity index (χ2n) is 1.72. The van der Waals surface area contributed by atoms with Gasteiger partial charge in [0, 0.05) is 31.5 Å². The molecule has 0 unspecified atom stereocenters. The van der Waals surface area contributed by atoms with Crippen molar-refractivity contribution in [2.24, 2.45) is 0 Å². The smallest absolute Gasteiger partial charge is 0.0627 e. The third-order valence-corrected chi connectivity index (χ3v) is 1.03. The molecule has 0 bridgehead atoms. The molecular weight excluding hydrogens is 159 g/mol. The standard InChI is InChI=1S/C7H6NO.Sc/c8-7-3-1-6(5-9)2-4-7;/h1-4H,8H2;/q-1;. The fraction of sp³-hybridized carbons (Fsp3) is 0. The summed E-state index contributed by atoms with van der Waals surface area (Å²) >= 11 is 0.